The molecule has 0 atom stereocenters. The number of hydrogen-bond donors (Lipinski definition) is 2. The number of nitro groups is 1. The SMILES string of the molecule is Cc1ccc(N2C(=O)/C(=C/c3ccc(Sc4nc5ccc(NC(=O)c6ccccc6C)cc5s4)c([N+](=O)[O-])c3)C(=O)NC2=S)cc1. The summed E-state index contributed by atoms with van der Waals surface area (Å²) in [6, 6.07) is 24.2. The lowest BCUT2D eigenvalue weighted by molar-refractivity contribution is -0.387. The van der Waals surface area contributed by atoms with Gasteiger partial charge in [-0.05, 0) is 85.7 Å². The minimum atomic E-state index is -0.691. The summed E-state index contributed by atoms with van der Waals surface area (Å²) in [6.07, 6.45) is 1.31. The predicted molar refractivity (Wildman–Crippen MR) is 183 cm³/mol. The van der Waals surface area contributed by atoms with Gasteiger partial charge in [0.1, 0.15) is 5.57 Å². The van der Waals surface area contributed by atoms with Crippen LogP contribution in [-0.2, 0) is 9.59 Å². The van der Waals surface area contributed by atoms with Gasteiger partial charge in [0.2, 0.25) is 0 Å². The fraction of sp³-hybridized carbons (Fsp3) is 0.0606. The number of aryl methyl sites for hydroxylation is 2. The van der Waals surface area contributed by atoms with Crippen molar-refractivity contribution < 1.29 is 19.3 Å². The van der Waals surface area contributed by atoms with E-state index in [1.165, 1.54) is 28.4 Å². The molecule has 228 valence electrons. The molecule has 0 spiro atoms. The first kappa shape index (κ1) is 30.8. The van der Waals surface area contributed by atoms with Gasteiger partial charge in [0.05, 0.1) is 25.7 Å². The van der Waals surface area contributed by atoms with E-state index in [0.717, 1.165) is 27.6 Å². The lowest BCUT2D eigenvalue weighted by atomic mass is 10.1. The number of hydrogen-bond acceptors (Lipinski definition) is 9. The van der Waals surface area contributed by atoms with E-state index in [4.69, 9.17) is 12.2 Å². The van der Waals surface area contributed by atoms with Gasteiger partial charge in [0, 0.05) is 17.3 Å². The van der Waals surface area contributed by atoms with Gasteiger partial charge in [-0.3, -0.25) is 34.7 Å². The number of rotatable bonds is 7. The van der Waals surface area contributed by atoms with E-state index < -0.39 is 16.7 Å². The van der Waals surface area contributed by atoms with E-state index in [1.54, 1.807) is 42.5 Å². The largest absolute Gasteiger partial charge is 0.322 e. The topological polar surface area (TPSA) is 135 Å². The summed E-state index contributed by atoms with van der Waals surface area (Å²) in [7, 11) is 0. The normalized spacial score (nSPS) is 14.1. The fourth-order valence-electron chi connectivity index (χ4n) is 4.75. The second-order valence-corrected chi connectivity index (χ2v) is 13.0. The fourth-order valence-corrected chi connectivity index (χ4v) is 7.18. The first-order chi connectivity index (χ1) is 22.1. The average molecular weight is 666 g/mol. The molecule has 0 saturated carbocycles. The number of carbonyl (C=O) groups excluding carboxylic acids is 3. The van der Waals surface area contributed by atoms with Gasteiger partial charge >= 0.3 is 0 Å². The van der Waals surface area contributed by atoms with Crippen molar-refractivity contribution in [3.05, 3.63) is 123 Å². The molecule has 1 aliphatic heterocycles. The molecule has 0 unspecified atom stereocenters. The van der Waals surface area contributed by atoms with E-state index in [-0.39, 0.29) is 22.3 Å². The van der Waals surface area contributed by atoms with Crippen LogP contribution in [0.25, 0.3) is 16.3 Å². The Labute approximate surface area is 276 Å². The quantitative estimate of drug-likeness (QED) is 0.0621. The minimum absolute atomic E-state index is 0.0506. The average Bonchev–Trinajstić information content (AvgIpc) is 3.42. The first-order valence-electron chi connectivity index (χ1n) is 13.8. The van der Waals surface area contributed by atoms with Crippen molar-refractivity contribution in [1.82, 2.24) is 10.3 Å². The summed E-state index contributed by atoms with van der Waals surface area (Å²) >= 11 is 7.72. The van der Waals surface area contributed by atoms with Crippen LogP contribution in [0.4, 0.5) is 17.1 Å². The zero-order valence-corrected chi connectivity index (χ0v) is 26.7. The molecule has 5 aromatic rings. The molecule has 13 heteroatoms. The van der Waals surface area contributed by atoms with Crippen molar-refractivity contribution in [3.63, 3.8) is 0 Å². The van der Waals surface area contributed by atoms with Gasteiger partial charge in [-0.25, -0.2) is 4.98 Å². The minimum Gasteiger partial charge on any atom is -0.322 e. The van der Waals surface area contributed by atoms with Crippen molar-refractivity contribution >= 4 is 91.5 Å². The van der Waals surface area contributed by atoms with Crippen LogP contribution in [0, 0.1) is 24.0 Å². The Balaban J connectivity index is 1.24. The van der Waals surface area contributed by atoms with Gasteiger partial charge in [-0.1, -0.05) is 53.7 Å². The van der Waals surface area contributed by atoms with Gasteiger partial charge in [-0.2, -0.15) is 0 Å². The van der Waals surface area contributed by atoms with Crippen molar-refractivity contribution in [2.45, 2.75) is 23.1 Å². The van der Waals surface area contributed by atoms with Crippen LogP contribution in [-0.4, -0.2) is 32.7 Å². The summed E-state index contributed by atoms with van der Waals surface area (Å²) in [5, 5.41) is 17.5. The second-order valence-electron chi connectivity index (χ2n) is 10.3. The third kappa shape index (κ3) is 6.29. The zero-order valence-electron chi connectivity index (χ0n) is 24.3. The molecule has 1 saturated heterocycles. The molecule has 1 fully saturated rings. The Kier molecular flexibility index (Phi) is 8.45. The van der Waals surface area contributed by atoms with Crippen LogP contribution < -0.4 is 15.5 Å². The van der Waals surface area contributed by atoms with Gasteiger partial charge in [0.15, 0.2) is 9.45 Å². The second kappa shape index (κ2) is 12.6. The highest BCUT2D eigenvalue weighted by Gasteiger charge is 2.34. The number of nitrogens with zero attached hydrogens (tertiary/aromatic N) is 3. The highest BCUT2D eigenvalue weighted by Crippen LogP contribution is 2.40. The van der Waals surface area contributed by atoms with Crippen LogP contribution in [0.2, 0.25) is 0 Å². The molecule has 46 heavy (non-hydrogen) atoms. The highest BCUT2D eigenvalue weighted by molar-refractivity contribution is 8.01. The number of thiazole rings is 1. The van der Waals surface area contributed by atoms with E-state index in [2.05, 4.69) is 15.6 Å². The molecular weight excluding hydrogens is 643 g/mol. The first-order valence-corrected chi connectivity index (χ1v) is 15.8. The number of carbonyl (C=O) groups is 3. The Hall–Kier alpha value is -5.24. The molecule has 1 aliphatic rings. The number of thiocarbonyl (C=S) groups is 1. The number of nitrogens with one attached hydrogen (secondary N) is 2. The predicted octanol–water partition coefficient (Wildman–Crippen LogP) is 7.06. The van der Waals surface area contributed by atoms with Crippen molar-refractivity contribution in [3.8, 4) is 0 Å². The summed E-state index contributed by atoms with van der Waals surface area (Å²) in [5.41, 5.74) is 4.08. The highest BCUT2D eigenvalue weighted by atomic mass is 32.2. The lowest BCUT2D eigenvalue weighted by Gasteiger charge is -2.29. The third-order valence-electron chi connectivity index (χ3n) is 7.10. The standard InChI is InChI=1S/C33H23N5O5S3/c1-18-7-11-22(12-8-18)37-31(41)24(30(40)36-32(37)44)15-20-9-14-27(26(16-20)38(42)43)45-33-35-25-13-10-21(17-28(25)46-33)34-29(39)23-6-4-3-5-19(23)2/h3-17H,1-2H3,(H,34,39)(H,36,40,44)/b24-15+. The van der Waals surface area contributed by atoms with Crippen molar-refractivity contribution in [1.29, 1.82) is 0 Å². The van der Waals surface area contributed by atoms with Crippen LogP contribution in [0.15, 0.2) is 99.7 Å². The maximum Gasteiger partial charge on any atom is 0.283 e. The molecule has 0 radical (unpaired) electrons. The molecular formula is C33H23N5O5S3. The number of nitro benzene ring substituents is 1. The maximum atomic E-state index is 13.4. The van der Waals surface area contributed by atoms with Crippen molar-refractivity contribution in [2.24, 2.45) is 0 Å². The van der Waals surface area contributed by atoms with E-state index >= 15 is 0 Å². The maximum absolute atomic E-state index is 13.4. The molecule has 10 nitrogen and oxygen atoms in total. The molecule has 6 rings (SSSR count). The molecule has 0 bridgehead atoms. The number of amides is 3. The summed E-state index contributed by atoms with van der Waals surface area (Å²) < 4.78 is 1.36. The Morgan fingerprint density at radius 1 is 1.04 bits per heavy atom. The van der Waals surface area contributed by atoms with E-state index in [1.807, 2.05) is 50.2 Å². The van der Waals surface area contributed by atoms with Crippen LogP contribution in [0.1, 0.15) is 27.0 Å². The molecule has 3 amide bonds. The Bertz CT molecular complexity index is 2120. The van der Waals surface area contributed by atoms with Crippen LogP contribution >= 0.6 is 35.3 Å². The number of aromatic nitrogens is 1. The molecule has 2 N–H and O–H groups in total. The van der Waals surface area contributed by atoms with Gasteiger partial charge < -0.3 is 5.32 Å². The summed E-state index contributed by atoms with van der Waals surface area (Å²) in [4.78, 5) is 56.6. The molecule has 0 aliphatic carbocycles. The number of benzene rings is 4. The molecule has 2 heterocycles. The van der Waals surface area contributed by atoms with E-state index in [9.17, 15) is 24.5 Å². The smallest absolute Gasteiger partial charge is 0.283 e. The number of anilines is 2. The Morgan fingerprint density at radius 2 is 1.80 bits per heavy atom. The van der Waals surface area contributed by atoms with Crippen LogP contribution in [0.3, 0.4) is 0 Å². The summed E-state index contributed by atoms with van der Waals surface area (Å²) in [6.45, 7) is 3.78. The van der Waals surface area contributed by atoms with E-state index in [0.29, 0.717) is 37.3 Å². The monoisotopic (exact) mass is 665 g/mol. The zero-order chi connectivity index (χ0) is 32.5. The van der Waals surface area contributed by atoms with Gasteiger partial charge in [-0.15, -0.1) is 11.3 Å². The Morgan fingerprint density at radius 3 is 2.54 bits per heavy atom. The number of fused-ring (bicyclic) bond motifs is 1. The third-order valence-corrected chi connectivity index (χ3v) is 9.53. The molecule has 4 aromatic carbocycles. The van der Waals surface area contributed by atoms with Crippen LogP contribution in [0.5, 0.6) is 0 Å². The molecule has 1 aromatic heterocycles. The lowest BCUT2D eigenvalue weighted by Crippen LogP contribution is -2.54. The van der Waals surface area contributed by atoms with Crippen molar-refractivity contribution in [2.75, 3.05) is 10.2 Å². The van der Waals surface area contributed by atoms with Gasteiger partial charge in [0.25, 0.3) is 23.4 Å². The summed E-state index contributed by atoms with van der Waals surface area (Å²) in [5.74, 6) is -1.55.